The Kier molecular flexibility index (Phi) is 4.65. The zero-order chi connectivity index (χ0) is 16.1. The second-order valence-corrected chi connectivity index (χ2v) is 5.02. The molecule has 0 atom stereocenters. The molecule has 7 heteroatoms. The smallest absolute Gasteiger partial charge is 0.226 e. The van der Waals surface area contributed by atoms with E-state index in [2.05, 4.69) is 20.1 Å². The highest BCUT2D eigenvalue weighted by molar-refractivity contribution is 5.60. The van der Waals surface area contributed by atoms with Gasteiger partial charge in [-0.1, -0.05) is 5.16 Å². The molecule has 3 aromatic heterocycles. The molecule has 0 radical (unpaired) electrons. The first-order valence-electron chi connectivity index (χ1n) is 7.58. The molecule has 0 saturated carbocycles. The Labute approximate surface area is 133 Å². The minimum Gasteiger partial charge on any atom is -0.477 e. The highest BCUT2D eigenvalue weighted by Gasteiger charge is 2.14. The number of hydrogen-bond acceptors (Lipinski definition) is 7. The Morgan fingerprint density at radius 1 is 1.17 bits per heavy atom. The van der Waals surface area contributed by atoms with Crippen molar-refractivity contribution in [3.63, 3.8) is 0 Å². The van der Waals surface area contributed by atoms with Crippen LogP contribution in [0.25, 0.3) is 11.4 Å². The molecule has 0 unspecified atom stereocenters. The number of aryl methyl sites for hydroxylation is 3. The third-order valence-corrected chi connectivity index (χ3v) is 3.21. The zero-order valence-corrected chi connectivity index (χ0v) is 13.2. The lowest BCUT2D eigenvalue weighted by molar-refractivity contribution is 0.327. The summed E-state index contributed by atoms with van der Waals surface area (Å²) in [6.45, 7) is 4.32. The maximum atomic E-state index is 5.49. The summed E-state index contributed by atoms with van der Waals surface area (Å²) in [6, 6.07) is 3.68. The van der Waals surface area contributed by atoms with Crippen molar-refractivity contribution >= 4 is 0 Å². The molecule has 3 heterocycles. The Hall–Kier alpha value is -2.70. The van der Waals surface area contributed by atoms with E-state index in [-0.39, 0.29) is 0 Å². The normalized spacial score (nSPS) is 10.9. The zero-order valence-electron chi connectivity index (χ0n) is 13.2. The van der Waals surface area contributed by atoms with Crippen LogP contribution in [-0.2, 0) is 12.8 Å². The molecule has 0 aromatic carbocycles. The van der Waals surface area contributed by atoms with Crippen LogP contribution in [0.1, 0.15) is 30.9 Å². The van der Waals surface area contributed by atoms with Crippen LogP contribution in [0.5, 0.6) is 5.88 Å². The maximum Gasteiger partial charge on any atom is 0.226 e. The van der Waals surface area contributed by atoms with Gasteiger partial charge >= 0.3 is 0 Å². The molecule has 7 nitrogen and oxygen atoms in total. The molecule has 3 rings (SSSR count). The minimum atomic E-state index is 0.489. The molecule has 23 heavy (non-hydrogen) atoms. The lowest BCUT2D eigenvalue weighted by atomic mass is 10.2. The average Bonchev–Trinajstić information content (AvgIpc) is 3.18. The van der Waals surface area contributed by atoms with Crippen molar-refractivity contribution in [2.24, 2.45) is 0 Å². The molecule has 0 N–H and O–H groups in total. The maximum absolute atomic E-state index is 5.49. The number of rotatable bonds is 7. The van der Waals surface area contributed by atoms with Crippen LogP contribution in [0.2, 0.25) is 0 Å². The fraction of sp³-hybridized carbons (Fsp3) is 0.375. The predicted octanol–water partition coefficient (Wildman–Crippen LogP) is 3.00. The number of hydrogen-bond donors (Lipinski definition) is 0. The number of oxazole rings is 1. The fourth-order valence-electron chi connectivity index (χ4n) is 2.19. The number of nitrogens with zero attached hydrogens (tertiary/aromatic N) is 4. The number of pyridine rings is 1. The van der Waals surface area contributed by atoms with E-state index < -0.39 is 0 Å². The monoisotopic (exact) mass is 314 g/mol. The van der Waals surface area contributed by atoms with Gasteiger partial charge in [0.05, 0.1) is 18.4 Å². The van der Waals surface area contributed by atoms with E-state index in [1.165, 1.54) is 0 Å². The summed E-state index contributed by atoms with van der Waals surface area (Å²) in [5.74, 6) is 3.13. The van der Waals surface area contributed by atoms with Crippen LogP contribution >= 0.6 is 0 Å². The summed E-state index contributed by atoms with van der Waals surface area (Å²) < 4.78 is 16.2. The molecule has 0 saturated heterocycles. The summed E-state index contributed by atoms with van der Waals surface area (Å²) >= 11 is 0. The average molecular weight is 314 g/mol. The van der Waals surface area contributed by atoms with Crippen molar-refractivity contribution in [2.45, 2.75) is 33.1 Å². The van der Waals surface area contributed by atoms with E-state index in [9.17, 15) is 0 Å². The topological polar surface area (TPSA) is 87.1 Å². The van der Waals surface area contributed by atoms with Gasteiger partial charge in [-0.2, -0.15) is 4.98 Å². The van der Waals surface area contributed by atoms with Gasteiger partial charge in [-0.15, -0.1) is 0 Å². The van der Waals surface area contributed by atoms with Crippen LogP contribution in [0.4, 0.5) is 0 Å². The van der Waals surface area contributed by atoms with E-state index in [1.807, 2.05) is 26.0 Å². The van der Waals surface area contributed by atoms with Gasteiger partial charge in [0.2, 0.25) is 17.6 Å². The second-order valence-electron chi connectivity index (χ2n) is 5.02. The third-order valence-electron chi connectivity index (χ3n) is 3.21. The Bertz CT molecular complexity index is 766. The van der Waals surface area contributed by atoms with Crippen LogP contribution < -0.4 is 4.74 Å². The summed E-state index contributed by atoms with van der Waals surface area (Å²) in [5.41, 5.74) is 0.729. The predicted molar refractivity (Wildman–Crippen MR) is 82.0 cm³/mol. The van der Waals surface area contributed by atoms with E-state index in [4.69, 9.17) is 13.7 Å². The lowest BCUT2D eigenvalue weighted by Gasteiger charge is -2.04. The molecule has 0 aliphatic rings. The first-order valence-corrected chi connectivity index (χ1v) is 7.58. The van der Waals surface area contributed by atoms with Crippen LogP contribution in [0.15, 0.2) is 33.5 Å². The second kappa shape index (κ2) is 7.04. The van der Waals surface area contributed by atoms with Crippen molar-refractivity contribution in [1.29, 1.82) is 0 Å². The lowest BCUT2D eigenvalue weighted by Crippen LogP contribution is -1.97. The number of aromatic nitrogens is 4. The van der Waals surface area contributed by atoms with Gasteiger partial charge in [-0.05, 0) is 32.4 Å². The van der Waals surface area contributed by atoms with Crippen LogP contribution in [-0.4, -0.2) is 26.7 Å². The van der Waals surface area contributed by atoms with Crippen LogP contribution in [0.3, 0.4) is 0 Å². The first-order chi connectivity index (χ1) is 11.3. The molecule has 0 spiro atoms. The van der Waals surface area contributed by atoms with Gasteiger partial charge in [0.1, 0.15) is 5.76 Å². The summed E-state index contributed by atoms with van der Waals surface area (Å²) in [7, 11) is 0. The molecule has 0 aliphatic heterocycles. The van der Waals surface area contributed by atoms with Gasteiger partial charge < -0.3 is 13.7 Å². The largest absolute Gasteiger partial charge is 0.477 e. The summed E-state index contributed by atoms with van der Waals surface area (Å²) in [5, 5.41) is 4.01. The Balaban J connectivity index is 1.64. The SMILES string of the molecule is CCOc1ncccc1-c1noc(CCCc2ncc(C)o2)n1. The van der Waals surface area contributed by atoms with E-state index in [1.54, 1.807) is 12.4 Å². The number of ether oxygens (including phenoxy) is 1. The third kappa shape index (κ3) is 3.74. The van der Waals surface area contributed by atoms with Crippen molar-refractivity contribution < 1.29 is 13.7 Å². The molecular formula is C16H18N4O3. The Morgan fingerprint density at radius 2 is 2.04 bits per heavy atom. The molecule has 120 valence electrons. The highest BCUT2D eigenvalue weighted by atomic mass is 16.5. The van der Waals surface area contributed by atoms with Gasteiger partial charge in [0, 0.05) is 19.0 Å². The van der Waals surface area contributed by atoms with Crippen LogP contribution in [0, 0.1) is 6.92 Å². The van der Waals surface area contributed by atoms with Gasteiger partial charge in [0.15, 0.2) is 5.89 Å². The molecular weight excluding hydrogens is 296 g/mol. The van der Waals surface area contributed by atoms with E-state index in [0.29, 0.717) is 30.6 Å². The molecule has 0 fully saturated rings. The molecule has 3 aromatic rings. The van der Waals surface area contributed by atoms with E-state index in [0.717, 1.165) is 30.1 Å². The minimum absolute atomic E-state index is 0.489. The van der Waals surface area contributed by atoms with Crippen molar-refractivity contribution in [2.75, 3.05) is 6.61 Å². The molecule has 0 amide bonds. The first kappa shape index (κ1) is 15.2. The van der Waals surface area contributed by atoms with Crippen molar-refractivity contribution in [3.8, 4) is 17.3 Å². The summed E-state index contributed by atoms with van der Waals surface area (Å²) in [4.78, 5) is 12.8. The molecule has 0 bridgehead atoms. The summed E-state index contributed by atoms with van der Waals surface area (Å²) in [6.07, 6.45) is 5.62. The van der Waals surface area contributed by atoms with E-state index >= 15 is 0 Å². The van der Waals surface area contributed by atoms with Crippen molar-refractivity contribution in [3.05, 3.63) is 42.1 Å². The van der Waals surface area contributed by atoms with Gasteiger partial charge in [-0.25, -0.2) is 9.97 Å². The highest BCUT2D eigenvalue weighted by Crippen LogP contribution is 2.25. The van der Waals surface area contributed by atoms with Gasteiger partial charge in [0.25, 0.3) is 0 Å². The fourth-order valence-corrected chi connectivity index (χ4v) is 2.19. The molecule has 0 aliphatic carbocycles. The van der Waals surface area contributed by atoms with Crippen molar-refractivity contribution in [1.82, 2.24) is 20.1 Å². The Morgan fingerprint density at radius 3 is 2.83 bits per heavy atom. The quantitative estimate of drug-likeness (QED) is 0.662. The van der Waals surface area contributed by atoms with Gasteiger partial charge in [-0.3, -0.25) is 0 Å². The standard InChI is InChI=1S/C16H18N4O3/c1-3-21-16-12(6-5-9-17-16)15-19-14(23-20-15)8-4-7-13-18-10-11(2)22-13/h5-6,9-10H,3-4,7-8H2,1-2H3.